The average molecular weight is 535 g/mol. The average Bonchev–Trinajstić information content (AvgIpc) is 3.45. The zero-order valence-electron chi connectivity index (χ0n) is 23.1. The van der Waals surface area contributed by atoms with Crippen molar-refractivity contribution in [3.63, 3.8) is 0 Å². The molecule has 0 aromatic rings. The minimum atomic E-state index is -0.724. The molecule has 0 aliphatic carbocycles. The van der Waals surface area contributed by atoms with E-state index in [1.54, 1.807) is 28.8 Å². The van der Waals surface area contributed by atoms with Crippen LogP contribution in [0.25, 0.3) is 0 Å². The van der Waals surface area contributed by atoms with Gasteiger partial charge in [0.1, 0.15) is 6.04 Å². The molecule has 37 heavy (non-hydrogen) atoms. The zero-order valence-corrected chi connectivity index (χ0v) is 23.9. The number of thioether (sulfide) groups is 1. The van der Waals surface area contributed by atoms with Crippen molar-refractivity contribution < 1.29 is 24.2 Å². The number of fused-ring (bicyclic) bond motifs is 1. The van der Waals surface area contributed by atoms with Crippen LogP contribution in [0, 0.1) is 23.7 Å². The third-order valence-electron chi connectivity index (χ3n) is 8.30. The number of likely N-dealkylation sites (tertiary alicyclic amines) is 1. The van der Waals surface area contributed by atoms with Crippen LogP contribution in [-0.4, -0.2) is 81.1 Å². The summed E-state index contributed by atoms with van der Waals surface area (Å²) in [6, 6.07) is -1.20. The summed E-state index contributed by atoms with van der Waals surface area (Å²) in [5.74, 6) is -1.52. The highest BCUT2D eigenvalue weighted by atomic mass is 32.2. The Balaban J connectivity index is 2.06. The summed E-state index contributed by atoms with van der Waals surface area (Å²) in [7, 11) is 0. The first-order valence-electron chi connectivity index (χ1n) is 14.0. The van der Waals surface area contributed by atoms with Gasteiger partial charge in [-0.3, -0.25) is 14.4 Å². The maximum absolute atomic E-state index is 14.4. The van der Waals surface area contributed by atoms with E-state index < -0.39 is 28.7 Å². The van der Waals surface area contributed by atoms with Gasteiger partial charge >= 0.3 is 5.97 Å². The predicted molar refractivity (Wildman–Crippen MR) is 148 cm³/mol. The van der Waals surface area contributed by atoms with E-state index in [2.05, 4.69) is 40.9 Å². The van der Waals surface area contributed by atoms with Gasteiger partial charge in [0, 0.05) is 18.3 Å². The predicted octanol–water partition coefficient (Wildman–Crippen LogP) is 4.05. The second kappa shape index (κ2) is 12.8. The van der Waals surface area contributed by atoms with E-state index in [9.17, 15) is 19.5 Å². The lowest BCUT2D eigenvalue weighted by atomic mass is 9.66. The standard InChI is InChI=1S/C29H46N2O5S/c1-7-10-12-14-30(13-9-3)27(34)25-29-20(6)17-22(37-29)23(28(35)36-15-11-8-2)24(29)26(33)31(25)21(18-32)16-19(4)5/h8-9,19-25,32H,2-3,7,10-18H2,1,4-6H3/t20?,21-,22-,23+,24+,25?,29?/m1/s1. The number of amides is 2. The van der Waals surface area contributed by atoms with E-state index in [1.165, 1.54) is 0 Å². The maximum atomic E-state index is 14.4. The zero-order chi connectivity index (χ0) is 27.3. The molecule has 3 saturated heterocycles. The summed E-state index contributed by atoms with van der Waals surface area (Å²) in [5, 5.41) is 10.4. The Morgan fingerprint density at radius 3 is 2.62 bits per heavy atom. The van der Waals surface area contributed by atoms with E-state index in [-0.39, 0.29) is 48.1 Å². The fraction of sp³-hybridized carbons (Fsp3) is 0.759. The number of rotatable bonds is 15. The van der Waals surface area contributed by atoms with Gasteiger partial charge in [0.05, 0.1) is 35.8 Å². The Kier molecular flexibility index (Phi) is 10.3. The van der Waals surface area contributed by atoms with Crippen LogP contribution in [0.3, 0.4) is 0 Å². The molecule has 3 fully saturated rings. The highest BCUT2D eigenvalue weighted by Gasteiger charge is 2.77. The third-order valence-corrected chi connectivity index (χ3v) is 10.4. The molecule has 1 N–H and O–H groups in total. The van der Waals surface area contributed by atoms with Crippen molar-refractivity contribution in [3.8, 4) is 0 Å². The van der Waals surface area contributed by atoms with Gasteiger partial charge in [-0.15, -0.1) is 24.9 Å². The highest BCUT2D eigenvalue weighted by Crippen LogP contribution is 2.69. The van der Waals surface area contributed by atoms with Crippen molar-refractivity contribution in [3.05, 3.63) is 25.3 Å². The number of ether oxygens (including phenoxy) is 1. The van der Waals surface area contributed by atoms with Crippen molar-refractivity contribution >= 4 is 29.5 Å². The summed E-state index contributed by atoms with van der Waals surface area (Å²) >= 11 is 1.65. The molecule has 3 unspecified atom stereocenters. The molecule has 7 atom stereocenters. The van der Waals surface area contributed by atoms with Gasteiger partial charge in [-0.05, 0) is 37.5 Å². The summed E-state index contributed by atoms with van der Waals surface area (Å²) in [4.78, 5) is 45.5. The van der Waals surface area contributed by atoms with Crippen LogP contribution in [-0.2, 0) is 19.1 Å². The number of unbranched alkanes of at least 4 members (excludes halogenated alkanes) is 2. The smallest absolute Gasteiger partial charge is 0.310 e. The Morgan fingerprint density at radius 2 is 2.03 bits per heavy atom. The van der Waals surface area contributed by atoms with Gasteiger partial charge < -0.3 is 19.6 Å². The lowest BCUT2D eigenvalue weighted by molar-refractivity contribution is -0.155. The number of nitrogens with zero attached hydrogens (tertiary/aromatic N) is 2. The molecule has 7 nitrogen and oxygen atoms in total. The molecule has 0 saturated carbocycles. The Morgan fingerprint density at radius 1 is 1.30 bits per heavy atom. The van der Waals surface area contributed by atoms with Gasteiger partial charge in [-0.2, -0.15) is 0 Å². The summed E-state index contributed by atoms with van der Waals surface area (Å²) in [6.07, 6.45) is 8.28. The van der Waals surface area contributed by atoms with Gasteiger partial charge in [-0.1, -0.05) is 52.7 Å². The van der Waals surface area contributed by atoms with E-state index in [0.717, 1.165) is 25.7 Å². The van der Waals surface area contributed by atoms with Crippen LogP contribution in [0.15, 0.2) is 25.3 Å². The summed E-state index contributed by atoms with van der Waals surface area (Å²) in [6.45, 7) is 16.9. The Hall–Kier alpha value is -1.80. The SMILES string of the molecule is C=CCCOC(=O)[C@@H]1[C@H]2C(=O)N([C@@H](CO)CC(C)C)C(C(=O)N(CC=C)CCCCC)C23S[C@@H]1CC3C. The van der Waals surface area contributed by atoms with Gasteiger partial charge in [0.15, 0.2) is 0 Å². The van der Waals surface area contributed by atoms with Crippen molar-refractivity contribution in [1.82, 2.24) is 9.80 Å². The largest absolute Gasteiger partial charge is 0.465 e. The second-order valence-electron chi connectivity index (χ2n) is 11.3. The first-order valence-corrected chi connectivity index (χ1v) is 14.8. The van der Waals surface area contributed by atoms with Crippen molar-refractivity contribution in [1.29, 1.82) is 0 Å². The van der Waals surface area contributed by atoms with Gasteiger partial charge in [0.2, 0.25) is 11.8 Å². The molecule has 208 valence electrons. The maximum Gasteiger partial charge on any atom is 0.310 e. The number of hydrogen-bond acceptors (Lipinski definition) is 6. The van der Waals surface area contributed by atoms with Crippen LogP contribution < -0.4 is 0 Å². The first kappa shape index (κ1) is 29.8. The molecule has 0 aromatic carbocycles. The summed E-state index contributed by atoms with van der Waals surface area (Å²) < 4.78 is 4.88. The number of aliphatic hydroxyl groups is 1. The minimum Gasteiger partial charge on any atom is -0.465 e. The lowest BCUT2D eigenvalue weighted by Gasteiger charge is -2.42. The molecular formula is C29H46N2O5S. The van der Waals surface area contributed by atoms with E-state index in [4.69, 9.17) is 4.74 Å². The minimum absolute atomic E-state index is 0.0525. The molecule has 2 amide bonds. The number of carbonyl (C=O) groups excluding carboxylic acids is 3. The van der Waals surface area contributed by atoms with E-state index >= 15 is 0 Å². The Labute approximate surface area is 227 Å². The second-order valence-corrected chi connectivity index (χ2v) is 12.8. The highest BCUT2D eigenvalue weighted by molar-refractivity contribution is 8.02. The molecular weight excluding hydrogens is 488 g/mol. The molecule has 1 spiro atoms. The molecule has 2 bridgehead atoms. The Bertz CT molecular complexity index is 863. The van der Waals surface area contributed by atoms with Crippen molar-refractivity contribution in [2.45, 2.75) is 88.3 Å². The fourth-order valence-corrected chi connectivity index (χ4v) is 9.12. The van der Waals surface area contributed by atoms with Crippen molar-refractivity contribution in [2.24, 2.45) is 23.7 Å². The van der Waals surface area contributed by atoms with E-state index in [1.807, 2.05) is 4.90 Å². The molecule has 0 radical (unpaired) electrons. The van der Waals surface area contributed by atoms with Gasteiger partial charge in [-0.25, -0.2) is 0 Å². The van der Waals surface area contributed by atoms with Gasteiger partial charge in [0.25, 0.3) is 0 Å². The molecule has 0 aromatic heterocycles. The first-order chi connectivity index (χ1) is 17.7. The quantitative estimate of drug-likeness (QED) is 0.194. The third kappa shape index (κ3) is 5.51. The van der Waals surface area contributed by atoms with Crippen LogP contribution in [0.2, 0.25) is 0 Å². The fourth-order valence-electron chi connectivity index (χ4n) is 6.73. The number of aliphatic hydroxyl groups excluding tert-OH is 1. The van der Waals surface area contributed by atoms with Crippen LogP contribution in [0.5, 0.6) is 0 Å². The topological polar surface area (TPSA) is 87.1 Å². The van der Waals surface area contributed by atoms with Crippen molar-refractivity contribution in [2.75, 3.05) is 26.3 Å². The number of hydrogen-bond donors (Lipinski definition) is 1. The lowest BCUT2D eigenvalue weighted by Crippen LogP contribution is -2.59. The molecule has 3 aliphatic rings. The molecule has 3 rings (SSSR count). The van der Waals surface area contributed by atoms with E-state index in [0.29, 0.717) is 25.9 Å². The monoisotopic (exact) mass is 534 g/mol. The normalized spacial score (nSPS) is 30.9. The van der Waals surface area contributed by atoms with Crippen LogP contribution >= 0.6 is 11.8 Å². The molecule has 3 heterocycles. The number of carbonyl (C=O) groups is 3. The molecule has 8 heteroatoms. The molecule has 3 aliphatic heterocycles. The summed E-state index contributed by atoms with van der Waals surface area (Å²) in [5.41, 5.74) is 0. The van der Waals surface area contributed by atoms with Crippen LogP contribution in [0.4, 0.5) is 0 Å². The number of esters is 1. The van der Waals surface area contributed by atoms with Crippen LogP contribution in [0.1, 0.15) is 66.2 Å².